The van der Waals surface area contributed by atoms with Crippen LogP contribution in [0.4, 0.5) is 39.5 Å². The number of rotatable bonds is 9. The smallest absolute Gasteiger partial charge is 0.166 e. The Morgan fingerprint density at radius 3 is 1.56 bits per heavy atom. The lowest BCUT2D eigenvalue weighted by molar-refractivity contribution is -0.143. The lowest BCUT2D eigenvalue weighted by Crippen LogP contribution is -2.33. The molecule has 4 atom stereocenters. The summed E-state index contributed by atoms with van der Waals surface area (Å²) < 4.78 is 129. The van der Waals surface area contributed by atoms with Gasteiger partial charge in [-0.3, -0.25) is 0 Å². The van der Waals surface area contributed by atoms with Crippen LogP contribution in [0.15, 0.2) is 54.6 Å². The predicted molar refractivity (Wildman–Crippen MR) is 216 cm³/mol. The molecule has 11 heteroatoms. The van der Waals surface area contributed by atoms with E-state index in [2.05, 4.69) is 18.2 Å². The van der Waals surface area contributed by atoms with E-state index in [0.717, 1.165) is 69.2 Å². The van der Waals surface area contributed by atoms with Gasteiger partial charge in [0.25, 0.3) is 0 Å². The molecule has 57 heavy (non-hydrogen) atoms. The van der Waals surface area contributed by atoms with E-state index in [1.165, 1.54) is 87.6 Å². The Morgan fingerprint density at radius 1 is 0.544 bits per heavy atom. The van der Waals surface area contributed by atoms with Gasteiger partial charge in [-0.2, -0.15) is 39.5 Å². The van der Waals surface area contributed by atoms with Crippen molar-refractivity contribution in [2.75, 3.05) is 0 Å². The molecule has 0 aromatic heterocycles. The van der Waals surface area contributed by atoms with Gasteiger partial charge in [0.1, 0.15) is 0 Å². The van der Waals surface area contributed by atoms with Crippen LogP contribution < -0.4 is 15.9 Å². The van der Waals surface area contributed by atoms with Gasteiger partial charge in [0.2, 0.25) is 0 Å². The number of aryl methyl sites for hydroxylation is 1. The molecule has 0 saturated heterocycles. The SMILES string of the molecule is Cc1cc(P(c2cc(C(F)(F)F)cc(C(F)(F)F)c2)C(C)C2CCCC2c2c(C3CCCC3)cccc2P(C2CCCCC2)C2CCCCC2)cc(C(F)(F)F)c1. The van der Waals surface area contributed by atoms with E-state index >= 15 is 0 Å². The molecule has 0 nitrogen and oxygen atoms in total. The molecule has 4 aliphatic carbocycles. The second-order valence-corrected chi connectivity index (χ2v) is 22.7. The lowest BCUT2D eigenvalue weighted by Gasteiger charge is -2.42. The third-order valence-electron chi connectivity index (χ3n) is 13.6. The van der Waals surface area contributed by atoms with Crippen molar-refractivity contribution in [3.05, 3.63) is 88.0 Å². The molecular weight excluding hydrogens is 785 g/mol. The van der Waals surface area contributed by atoms with E-state index in [9.17, 15) is 39.5 Å². The van der Waals surface area contributed by atoms with Gasteiger partial charge in [-0.05, 0) is 164 Å². The Bertz CT molecular complexity index is 1780. The minimum atomic E-state index is -5.08. The average molecular weight is 841 g/mol. The highest BCUT2D eigenvalue weighted by molar-refractivity contribution is 7.73. The average Bonchev–Trinajstić information content (AvgIpc) is 3.88. The molecule has 312 valence electrons. The summed E-state index contributed by atoms with van der Waals surface area (Å²) in [7, 11) is -2.64. The van der Waals surface area contributed by atoms with E-state index in [4.69, 9.17) is 0 Å². The second-order valence-electron chi connectivity index (χ2n) is 17.4. The summed E-state index contributed by atoms with van der Waals surface area (Å²) in [5, 5.41) is 1.47. The van der Waals surface area contributed by atoms with Crippen molar-refractivity contribution >= 4 is 31.8 Å². The van der Waals surface area contributed by atoms with Crippen molar-refractivity contribution in [1.29, 1.82) is 0 Å². The molecule has 0 N–H and O–H groups in total. The van der Waals surface area contributed by atoms with Crippen LogP contribution in [-0.4, -0.2) is 17.0 Å². The van der Waals surface area contributed by atoms with Crippen molar-refractivity contribution in [3.63, 3.8) is 0 Å². The fourth-order valence-corrected chi connectivity index (χ4v) is 18.3. The first-order valence-electron chi connectivity index (χ1n) is 21.2. The molecule has 0 amide bonds. The summed E-state index contributed by atoms with van der Waals surface area (Å²) >= 11 is 0. The van der Waals surface area contributed by atoms with E-state index < -0.39 is 56.7 Å². The molecule has 4 aliphatic rings. The minimum Gasteiger partial charge on any atom is -0.166 e. The van der Waals surface area contributed by atoms with E-state index in [1.807, 2.05) is 6.92 Å². The van der Waals surface area contributed by atoms with Gasteiger partial charge in [0, 0.05) is 0 Å². The van der Waals surface area contributed by atoms with Crippen LogP contribution in [0.3, 0.4) is 0 Å². The first-order chi connectivity index (χ1) is 27.0. The molecule has 0 radical (unpaired) electrons. The fourth-order valence-electron chi connectivity index (χ4n) is 11.1. The van der Waals surface area contributed by atoms with Crippen LogP contribution in [0.5, 0.6) is 0 Å². The first-order valence-corrected chi connectivity index (χ1v) is 24.1. The van der Waals surface area contributed by atoms with Gasteiger partial charge < -0.3 is 0 Å². The number of hydrogen-bond donors (Lipinski definition) is 0. The summed E-state index contributed by atoms with van der Waals surface area (Å²) in [5.74, 6) is 0.288. The minimum absolute atomic E-state index is 0.0220. The molecule has 0 bridgehead atoms. The number of halogens is 9. The Hall–Kier alpha value is -2.11. The molecule has 4 unspecified atom stereocenters. The Kier molecular flexibility index (Phi) is 13.2. The van der Waals surface area contributed by atoms with Crippen LogP contribution in [-0.2, 0) is 18.5 Å². The van der Waals surface area contributed by atoms with Gasteiger partial charge in [0.05, 0.1) is 16.7 Å². The topological polar surface area (TPSA) is 0 Å². The van der Waals surface area contributed by atoms with Crippen molar-refractivity contribution in [2.24, 2.45) is 5.92 Å². The van der Waals surface area contributed by atoms with Gasteiger partial charge >= 0.3 is 18.5 Å². The van der Waals surface area contributed by atoms with Crippen LogP contribution in [0.1, 0.15) is 161 Å². The third kappa shape index (κ3) is 9.61. The van der Waals surface area contributed by atoms with Crippen LogP contribution >= 0.6 is 15.8 Å². The van der Waals surface area contributed by atoms with Crippen molar-refractivity contribution in [2.45, 2.75) is 170 Å². The van der Waals surface area contributed by atoms with Crippen LogP contribution in [0.2, 0.25) is 0 Å². The summed E-state index contributed by atoms with van der Waals surface area (Å²) in [6.07, 6.45) is 4.32. The van der Waals surface area contributed by atoms with Gasteiger partial charge in [-0.25, -0.2) is 0 Å². The highest BCUT2D eigenvalue weighted by Crippen LogP contribution is 2.60. The maximum atomic E-state index is 14.4. The Morgan fingerprint density at radius 2 is 1.04 bits per heavy atom. The highest BCUT2D eigenvalue weighted by Gasteiger charge is 2.45. The second kappa shape index (κ2) is 17.5. The summed E-state index contributed by atoms with van der Waals surface area (Å²) in [5.41, 5.74) is -0.00304. The predicted octanol–water partition coefficient (Wildman–Crippen LogP) is 14.9. The largest absolute Gasteiger partial charge is 0.416 e. The van der Waals surface area contributed by atoms with Crippen molar-refractivity contribution in [1.82, 2.24) is 0 Å². The molecule has 0 aliphatic heterocycles. The van der Waals surface area contributed by atoms with Crippen LogP contribution in [0, 0.1) is 12.8 Å². The summed E-state index contributed by atoms with van der Waals surface area (Å²) in [4.78, 5) is 0. The summed E-state index contributed by atoms with van der Waals surface area (Å²) in [6.45, 7) is 3.41. The number of benzene rings is 3. The fraction of sp³-hybridized carbons (Fsp3) is 0.609. The number of hydrogen-bond acceptors (Lipinski definition) is 0. The van der Waals surface area contributed by atoms with Gasteiger partial charge in [-0.15, -0.1) is 0 Å². The first kappa shape index (κ1) is 43.0. The molecule has 0 heterocycles. The molecule has 7 rings (SSSR count). The molecular formula is C46H55F9P2. The van der Waals surface area contributed by atoms with Gasteiger partial charge in [-0.1, -0.05) is 96.9 Å². The molecule has 4 fully saturated rings. The number of alkyl halides is 9. The third-order valence-corrected chi connectivity index (χ3v) is 20.0. The Labute approximate surface area is 334 Å². The van der Waals surface area contributed by atoms with E-state index in [0.29, 0.717) is 17.2 Å². The zero-order valence-corrected chi connectivity index (χ0v) is 34.8. The summed E-state index contributed by atoms with van der Waals surface area (Å²) in [6, 6.07) is 12.1. The zero-order valence-electron chi connectivity index (χ0n) is 33.0. The molecule has 4 saturated carbocycles. The van der Waals surface area contributed by atoms with Crippen LogP contribution in [0.25, 0.3) is 0 Å². The zero-order chi connectivity index (χ0) is 40.7. The quantitative estimate of drug-likeness (QED) is 0.149. The molecule has 0 spiro atoms. The molecule has 3 aromatic carbocycles. The molecule has 3 aromatic rings. The van der Waals surface area contributed by atoms with E-state index in [1.54, 1.807) is 6.07 Å². The van der Waals surface area contributed by atoms with Crippen molar-refractivity contribution < 1.29 is 39.5 Å². The van der Waals surface area contributed by atoms with Crippen molar-refractivity contribution in [3.8, 4) is 0 Å². The van der Waals surface area contributed by atoms with Gasteiger partial charge in [0.15, 0.2) is 0 Å². The maximum absolute atomic E-state index is 14.4. The normalized spacial score (nSPS) is 23.4. The van der Waals surface area contributed by atoms with E-state index in [-0.39, 0.29) is 34.1 Å². The maximum Gasteiger partial charge on any atom is 0.416 e. The lowest BCUT2D eigenvalue weighted by atomic mass is 9.80. The monoisotopic (exact) mass is 840 g/mol. The Balaban J connectivity index is 1.41. The standard InChI is InChI=1S/C46H55F9P2/c1-29-23-32(44(47,48)49)26-37(24-29)56(38-27-33(45(50,51)52)25-34(28-38)46(53,54)55)30(2)39-19-11-21-41(39)43-40(31-13-9-10-14-31)20-12-22-42(43)57(35-15-5-3-6-16-35)36-17-7-4-8-18-36/h12,20,22-28,30-31,35-36,39,41H,3-11,13-19,21H2,1-2H3. The highest BCUT2D eigenvalue weighted by atomic mass is 31.1.